The maximum absolute atomic E-state index is 12.0. The summed E-state index contributed by atoms with van der Waals surface area (Å²) >= 11 is 1.91. The molecule has 2 nitrogen and oxygen atoms in total. The molecule has 0 radical (unpaired) electrons. The molecule has 0 aromatic heterocycles. The van der Waals surface area contributed by atoms with Crippen LogP contribution in [-0.4, -0.2) is 23.1 Å². The lowest BCUT2D eigenvalue weighted by atomic mass is 9.99. The van der Waals surface area contributed by atoms with Gasteiger partial charge in [0.15, 0.2) is 11.6 Å². The molecule has 3 rings (SSSR count). The van der Waals surface area contributed by atoms with Crippen molar-refractivity contribution in [2.75, 3.05) is 11.5 Å². The average molecular weight is 318 g/mol. The SMILES string of the molecule is O=C1CCC2=C1CCSCCC1=C(CCCCC2)CCC1=O. The lowest BCUT2D eigenvalue weighted by molar-refractivity contribution is -0.115. The zero-order valence-corrected chi connectivity index (χ0v) is 14.2. The number of allylic oxidation sites excluding steroid dienone is 4. The van der Waals surface area contributed by atoms with Gasteiger partial charge in [-0.25, -0.2) is 0 Å². The molecule has 0 fully saturated rings. The molecule has 0 amide bonds. The predicted octanol–water partition coefficient (Wildman–Crippen LogP) is 4.78. The van der Waals surface area contributed by atoms with Crippen molar-refractivity contribution in [2.45, 2.75) is 70.6 Å². The molecule has 2 aliphatic carbocycles. The Labute approximate surface area is 137 Å². The Morgan fingerprint density at radius 1 is 0.545 bits per heavy atom. The van der Waals surface area contributed by atoms with E-state index < -0.39 is 0 Å². The quantitative estimate of drug-likeness (QED) is 0.644. The van der Waals surface area contributed by atoms with Gasteiger partial charge in [-0.1, -0.05) is 17.6 Å². The van der Waals surface area contributed by atoms with E-state index >= 15 is 0 Å². The Morgan fingerprint density at radius 3 is 1.55 bits per heavy atom. The highest BCUT2D eigenvalue weighted by Crippen LogP contribution is 2.33. The van der Waals surface area contributed by atoms with Crippen LogP contribution in [0.1, 0.15) is 70.6 Å². The summed E-state index contributed by atoms with van der Waals surface area (Å²) in [6, 6.07) is 0. The molecule has 0 saturated carbocycles. The van der Waals surface area contributed by atoms with Gasteiger partial charge in [-0.3, -0.25) is 9.59 Å². The topological polar surface area (TPSA) is 34.1 Å². The summed E-state index contributed by atoms with van der Waals surface area (Å²) in [5.41, 5.74) is 5.22. The minimum Gasteiger partial charge on any atom is -0.295 e. The Hall–Kier alpha value is -0.830. The van der Waals surface area contributed by atoms with Crippen LogP contribution in [0.25, 0.3) is 0 Å². The maximum Gasteiger partial charge on any atom is 0.159 e. The highest BCUT2D eigenvalue weighted by molar-refractivity contribution is 7.99. The fourth-order valence-corrected chi connectivity index (χ4v) is 4.92. The smallest absolute Gasteiger partial charge is 0.159 e. The van der Waals surface area contributed by atoms with Gasteiger partial charge in [-0.15, -0.1) is 0 Å². The summed E-state index contributed by atoms with van der Waals surface area (Å²) in [7, 11) is 0. The maximum atomic E-state index is 12.0. The first kappa shape index (κ1) is 16.0. The van der Waals surface area contributed by atoms with Crippen molar-refractivity contribution in [1.82, 2.24) is 0 Å². The number of carbonyl (C=O) groups is 2. The summed E-state index contributed by atoms with van der Waals surface area (Å²) in [5.74, 6) is 2.86. The number of carbonyl (C=O) groups excluding carboxylic acids is 2. The first-order chi connectivity index (χ1) is 10.8. The second-order valence-electron chi connectivity index (χ2n) is 6.68. The van der Waals surface area contributed by atoms with Gasteiger partial charge >= 0.3 is 0 Å². The van der Waals surface area contributed by atoms with Crippen LogP contribution in [-0.2, 0) is 9.59 Å². The van der Waals surface area contributed by atoms with Crippen molar-refractivity contribution in [3.63, 3.8) is 0 Å². The van der Waals surface area contributed by atoms with E-state index in [2.05, 4.69) is 0 Å². The fourth-order valence-electron chi connectivity index (χ4n) is 4.01. The highest BCUT2D eigenvalue weighted by atomic mass is 32.2. The Kier molecular flexibility index (Phi) is 5.56. The van der Waals surface area contributed by atoms with Crippen molar-refractivity contribution < 1.29 is 9.59 Å². The third kappa shape index (κ3) is 3.73. The van der Waals surface area contributed by atoms with E-state index in [-0.39, 0.29) is 0 Å². The van der Waals surface area contributed by atoms with Crippen molar-refractivity contribution in [1.29, 1.82) is 0 Å². The number of Topliss-reactive ketones (excluding diaryl/α,β-unsaturated/α-hetero) is 2. The van der Waals surface area contributed by atoms with Crippen molar-refractivity contribution in [2.24, 2.45) is 0 Å². The van der Waals surface area contributed by atoms with Crippen LogP contribution < -0.4 is 0 Å². The molecule has 0 aromatic carbocycles. The van der Waals surface area contributed by atoms with Gasteiger partial charge < -0.3 is 0 Å². The van der Waals surface area contributed by atoms with Gasteiger partial charge in [0.05, 0.1) is 0 Å². The van der Waals surface area contributed by atoms with E-state index in [1.54, 1.807) is 0 Å². The highest BCUT2D eigenvalue weighted by Gasteiger charge is 2.24. The molecule has 0 saturated heterocycles. The Balaban J connectivity index is 1.64. The molecule has 3 heteroatoms. The summed E-state index contributed by atoms with van der Waals surface area (Å²) in [5, 5.41) is 0. The number of hydrogen-bond acceptors (Lipinski definition) is 3. The van der Waals surface area contributed by atoms with Gasteiger partial charge in [-0.2, -0.15) is 11.8 Å². The summed E-state index contributed by atoms with van der Waals surface area (Å²) in [6.45, 7) is 0. The molecular weight excluding hydrogens is 292 g/mol. The molecule has 0 atom stereocenters. The van der Waals surface area contributed by atoms with Gasteiger partial charge in [0.25, 0.3) is 0 Å². The van der Waals surface area contributed by atoms with Crippen molar-refractivity contribution in [3.05, 3.63) is 22.3 Å². The molecule has 1 aliphatic heterocycles. The second-order valence-corrected chi connectivity index (χ2v) is 7.91. The molecule has 1 heterocycles. The lowest BCUT2D eigenvalue weighted by Gasteiger charge is -2.10. The van der Waals surface area contributed by atoms with Crippen LogP contribution in [0.15, 0.2) is 22.3 Å². The number of ketones is 2. The zero-order valence-electron chi connectivity index (χ0n) is 13.4. The summed E-state index contributed by atoms with van der Waals surface area (Å²) in [4.78, 5) is 24.0. The Morgan fingerprint density at radius 2 is 1.05 bits per heavy atom. The first-order valence-electron chi connectivity index (χ1n) is 8.81. The average Bonchev–Trinajstić information content (AvgIpc) is 3.03. The van der Waals surface area contributed by atoms with E-state index in [4.69, 9.17) is 0 Å². The molecule has 0 unspecified atom stereocenters. The van der Waals surface area contributed by atoms with Gasteiger partial charge in [0.2, 0.25) is 0 Å². The third-order valence-electron chi connectivity index (χ3n) is 5.28. The number of thioether (sulfide) groups is 1. The van der Waals surface area contributed by atoms with E-state index in [1.807, 2.05) is 11.8 Å². The fraction of sp³-hybridized carbons (Fsp3) is 0.684. The van der Waals surface area contributed by atoms with Crippen LogP contribution in [0, 0.1) is 0 Å². The van der Waals surface area contributed by atoms with Crippen LogP contribution in [0.4, 0.5) is 0 Å². The second kappa shape index (κ2) is 7.63. The molecule has 3 aliphatic rings. The third-order valence-corrected chi connectivity index (χ3v) is 6.27. The zero-order chi connectivity index (χ0) is 15.4. The van der Waals surface area contributed by atoms with Crippen LogP contribution in [0.2, 0.25) is 0 Å². The van der Waals surface area contributed by atoms with E-state index in [9.17, 15) is 9.59 Å². The normalized spacial score (nSPS) is 25.3. The monoisotopic (exact) mass is 318 g/mol. The molecular formula is C19H26O2S. The van der Waals surface area contributed by atoms with Crippen LogP contribution >= 0.6 is 11.8 Å². The van der Waals surface area contributed by atoms with E-state index in [1.165, 1.54) is 30.4 Å². The molecule has 0 N–H and O–H groups in total. The van der Waals surface area contributed by atoms with Gasteiger partial charge in [0.1, 0.15) is 0 Å². The lowest BCUT2D eigenvalue weighted by Crippen LogP contribution is -2.01. The molecule has 0 bridgehead atoms. The summed E-state index contributed by atoms with van der Waals surface area (Å²) in [6.07, 6.45) is 11.3. The van der Waals surface area contributed by atoms with Gasteiger partial charge in [0, 0.05) is 12.8 Å². The van der Waals surface area contributed by atoms with E-state index in [0.29, 0.717) is 11.6 Å². The molecule has 0 aromatic rings. The van der Waals surface area contributed by atoms with Crippen LogP contribution in [0.3, 0.4) is 0 Å². The molecule has 0 spiro atoms. The summed E-state index contributed by atoms with van der Waals surface area (Å²) < 4.78 is 0. The molecule has 22 heavy (non-hydrogen) atoms. The van der Waals surface area contributed by atoms with Crippen LogP contribution in [0.5, 0.6) is 0 Å². The minimum absolute atomic E-state index is 0.402. The molecule has 120 valence electrons. The minimum atomic E-state index is 0.402. The first-order valence-corrected chi connectivity index (χ1v) is 9.97. The number of rotatable bonds is 0. The van der Waals surface area contributed by atoms with Crippen molar-refractivity contribution >= 4 is 23.3 Å². The van der Waals surface area contributed by atoms with E-state index in [0.717, 1.165) is 74.0 Å². The largest absolute Gasteiger partial charge is 0.295 e. The van der Waals surface area contributed by atoms with Gasteiger partial charge in [-0.05, 0) is 74.0 Å². The van der Waals surface area contributed by atoms with Crippen molar-refractivity contribution in [3.8, 4) is 0 Å². The standard InChI is InChI=1S/C19H26O2S/c20-18-8-6-14-4-2-1-3-5-15-7-9-19(21)17(15)11-13-22-12-10-16(14)18/h1-13H2. The number of hydrogen-bond donors (Lipinski definition) is 0. The Bertz CT molecular complexity index is 482. The predicted molar refractivity (Wildman–Crippen MR) is 92.2 cm³/mol.